The van der Waals surface area contributed by atoms with Crippen molar-refractivity contribution in [1.82, 2.24) is 9.78 Å². The lowest BCUT2D eigenvalue weighted by molar-refractivity contribution is -0.174. The third-order valence-electron chi connectivity index (χ3n) is 6.72. The van der Waals surface area contributed by atoms with Gasteiger partial charge in [-0.2, -0.15) is 5.10 Å². The zero-order valence-electron chi connectivity index (χ0n) is 21.8. The van der Waals surface area contributed by atoms with Gasteiger partial charge in [-0.1, -0.05) is 29.8 Å². The van der Waals surface area contributed by atoms with Crippen molar-refractivity contribution in [2.75, 3.05) is 13.9 Å². The van der Waals surface area contributed by atoms with Gasteiger partial charge >= 0.3 is 5.97 Å². The Morgan fingerprint density at radius 3 is 2.31 bits per heavy atom. The maximum atomic E-state index is 12.0. The smallest absolute Gasteiger partial charge is 0.313 e. The van der Waals surface area contributed by atoms with Gasteiger partial charge in [-0.25, -0.2) is 4.68 Å². The van der Waals surface area contributed by atoms with Crippen molar-refractivity contribution < 1.29 is 24.1 Å². The molecule has 1 fully saturated rings. The van der Waals surface area contributed by atoms with Crippen LogP contribution in [0.15, 0.2) is 54.6 Å². The van der Waals surface area contributed by atoms with Crippen LogP contribution in [-0.4, -0.2) is 40.9 Å². The molecule has 0 spiro atoms. The predicted octanol–water partition coefficient (Wildman–Crippen LogP) is 5.55. The number of aromatic nitrogens is 2. The van der Waals surface area contributed by atoms with E-state index in [1.165, 1.54) is 5.56 Å². The predicted molar refractivity (Wildman–Crippen MR) is 138 cm³/mol. The van der Waals surface area contributed by atoms with E-state index in [4.69, 9.17) is 19.3 Å². The quantitative estimate of drug-likeness (QED) is 0.344. The Hall–Kier alpha value is -3.16. The van der Waals surface area contributed by atoms with Crippen LogP contribution in [0.2, 0.25) is 0 Å². The van der Waals surface area contributed by atoms with Crippen molar-refractivity contribution >= 4 is 5.97 Å². The SMILES string of the molecule is COc1ccc(-n2nc(C3(O)CCC(OCOC(=O)C(C)(C)C)CC3)cc2-c2ccc(C)cc2)cc1. The van der Waals surface area contributed by atoms with Gasteiger partial charge in [-0.15, -0.1) is 0 Å². The molecule has 192 valence electrons. The van der Waals surface area contributed by atoms with Gasteiger partial charge in [0.2, 0.25) is 0 Å². The fourth-order valence-electron chi connectivity index (χ4n) is 4.35. The number of hydrogen-bond donors (Lipinski definition) is 1. The van der Waals surface area contributed by atoms with Crippen molar-refractivity contribution in [3.05, 3.63) is 65.9 Å². The molecule has 1 aliphatic carbocycles. The van der Waals surface area contributed by atoms with Crippen LogP contribution in [0.25, 0.3) is 16.9 Å². The second-order valence-corrected chi connectivity index (χ2v) is 10.6. The lowest BCUT2D eigenvalue weighted by Gasteiger charge is -2.34. The summed E-state index contributed by atoms with van der Waals surface area (Å²) in [7, 11) is 1.64. The van der Waals surface area contributed by atoms with Gasteiger partial charge in [-0.3, -0.25) is 4.79 Å². The van der Waals surface area contributed by atoms with E-state index in [0.29, 0.717) is 31.4 Å². The molecule has 1 saturated carbocycles. The minimum atomic E-state index is -1.06. The second kappa shape index (κ2) is 10.4. The van der Waals surface area contributed by atoms with Crippen LogP contribution < -0.4 is 4.74 Å². The normalized spacial score (nSPS) is 20.2. The Labute approximate surface area is 213 Å². The van der Waals surface area contributed by atoms with Crippen molar-refractivity contribution in [3.8, 4) is 22.7 Å². The third-order valence-corrected chi connectivity index (χ3v) is 6.72. The first-order valence-corrected chi connectivity index (χ1v) is 12.4. The topological polar surface area (TPSA) is 82.8 Å². The van der Waals surface area contributed by atoms with E-state index >= 15 is 0 Å². The number of carbonyl (C=O) groups excluding carboxylic acids is 1. The maximum absolute atomic E-state index is 12.0. The van der Waals surface area contributed by atoms with Crippen LogP contribution in [0, 0.1) is 12.3 Å². The Morgan fingerprint density at radius 1 is 1.08 bits per heavy atom. The molecule has 3 aromatic rings. The molecule has 1 aromatic heterocycles. The number of esters is 1. The highest BCUT2D eigenvalue weighted by Crippen LogP contribution is 2.39. The number of methoxy groups -OCH3 is 1. The van der Waals surface area contributed by atoms with Crippen molar-refractivity contribution in [1.29, 1.82) is 0 Å². The monoisotopic (exact) mass is 492 g/mol. The van der Waals surface area contributed by atoms with Crippen LogP contribution in [0.3, 0.4) is 0 Å². The standard InChI is InChI=1S/C29H36N2O5/c1-20-6-8-21(9-7-20)25-18-26(30-31(25)22-10-12-23(34-5)13-11-22)29(33)16-14-24(15-17-29)35-19-36-27(32)28(2,3)4/h6-13,18,24,33H,14-17,19H2,1-5H3. The van der Waals surface area contributed by atoms with E-state index in [2.05, 4.69) is 31.2 Å². The van der Waals surface area contributed by atoms with Crippen LogP contribution in [-0.2, 0) is 19.9 Å². The first-order valence-electron chi connectivity index (χ1n) is 12.4. The summed E-state index contributed by atoms with van der Waals surface area (Å²) in [6.07, 6.45) is 2.26. The third kappa shape index (κ3) is 5.79. The van der Waals surface area contributed by atoms with Gasteiger partial charge in [0.25, 0.3) is 0 Å². The second-order valence-electron chi connectivity index (χ2n) is 10.6. The molecule has 0 unspecified atom stereocenters. The molecule has 1 heterocycles. The highest BCUT2D eigenvalue weighted by atomic mass is 16.7. The Morgan fingerprint density at radius 2 is 1.72 bits per heavy atom. The van der Waals surface area contributed by atoms with Crippen LogP contribution >= 0.6 is 0 Å². The summed E-state index contributed by atoms with van der Waals surface area (Å²) in [6, 6.07) is 18.0. The van der Waals surface area contributed by atoms with Crippen molar-refractivity contribution in [2.45, 2.75) is 65.1 Å². The highest BCUT2D eigenvalue weighted by molar-refractivity contribution is 5.75. The fraction of sp³-hybridized carbons (Fsp3) is 0.448. The number of ether oxygens (including phenoxy) is 3. The van der Waals surface area contributed by atoms with Crippen molar-refractivity contribution in [3.63, 3.8) is 0 Å². The molecule has 0 saturated heterocycles. The van der Waals surface area contributed by atoms with E-state index in [1.807, 2.05) is 55.8 Å². The molecule has 0 bridgehead atoms. The number of rotatable bonds is 7. The summed E-state index contributed by atoms with van der Waals surface area (Å²) in [5.74, 6) is 0.482. The molecule has 0 amide bonds. The molecule has 0 atom stereocenters. The lowest BCUT2D eigenvalue weighted by Crippen LogP contribution is -2.35. The maximum Gasteiger partial charge on any atom is 0.313 e. The molecule has 0 aliphatic heterocycles. The molecular formula is C29H36N2O5. The molecule has 36 heavy (non-hydrogen) atoms. The summed E-state index contributed by atoms with van der Waals surface area (Å²) in [4.78, 5) is 12.0. The largest absolute Gasteiger partial charge is 0.497 e. The number of aliphatic hydroxyl groups is 1. The highest BCUT2D eigenvalue weighted by Gasteiger charge is 2.38. The van der Waals surface area contributed by atoms with E-state index in [0.717, 1.165) is 22.7 Å². The first-order chi connectivity index (χ1) is 17.1. The molecule has 1 aliphatic rings. The lowest BCUT2D eigenvalue weighted by atomic mass is 9.81. The molecule has 2 aromatic carbocycles. The summed E-state index contributed by atoms with van der Waals surface area (Å²) < 4.78 is 18.2. The molecule has 7 heteroatoms. The van der Waals surface area contributed by atoms with Gasteiger partial charge < -0.3 is 19.3 Å². The zero-order valence-corrected chi connectivity index (χ0v) is 21.8. The summed E-state index contributed by atoms with van der Waals surface area (Å²) in [5.41, 5.74) is 3.03. The number of carbonyl (C=O) groups is 1. The number of aryl methyl sites for hydroxylation is 1. The molecular weight excluding hydrogens is 456 g/mol. The Kier molecular flexibility index (Phi) is 7.52. The summed E-state index contributed by atoms with van der Waals surface area (Å²) in [5, 5.41) is 16.5. The minimum absolute atomic E-state index is 0.0666. The van der Waals surface area contributed by atoms with Crippen LogP contribution in [0.4, 0.5) is 0 Å². The zero-order chi connectivity index (χ0) is 25.9. The molecule has 4 rings (SSSR count). The van der Waals surface area contributed by atoms with Crippen molar-refractivity contribution in [2.24, 2.45) is 5.41 Å². The van der Waals surface area contributed by atoms with Gasteiger partial charge in [0, 0.05) is 5.56 Å². The average molecular weight is 493 g/mol. The Bertz CT molecular complexity index is 1170. The van der Waals surface area contributed by atoms with Gasteiger partial charge in [0.05, 0.1) is 35.7 Å². The summed E-state index contributed by atoms with van der Waals surface area (Å²) in [6.45, 7) is 7.43. The van der Waals surface area contributed by atoms with E-state index in [-0.39, 0.29) is 18.9 Å². The average Bonchev–Trinajstić information content (AvgIpc) is 3.31. The van der Waals surface area contributed by atoms with Gasteiger partial charge in [-0.05, 0) is 83.7 Å². The first kappa shape index (κ1) is 25.9. The van der Waals surface area contributed by atoms with Gasteiger partial charge in [0.15, 0.2) is 6.79 Å². The minimum Gasteiger partial charge on any atom is -0.497 e. The van der Waals surface area contributed by atoms with Crippen LogP contribution in [0.5, 0.6) is 5.75 Å². The van der Waals surface area contributed by atoms with Gasteiger partial charge in [0.1, 0.15) is 11.4 Å². The number of benzene rings is 2. The summed E-state index contributed by atoms with van der Waals surface area (Å²) >= 11 is 0. The van der Waals surface area contributed by atoms with E-state index in [1.54, 1.807) is 7.11 Å². The molecule has 0 radical (unpaired) electrons. The number of hydrogen-bond acceptors (Lipinski definition) is 6. The van der Waals surface area contributed by atoms with E-state index in [9.17, 15) is 9.90 Å². The Balaban J connectivity index is 1.52. The fourth-order valence-corrected chi connectivity index (χ4v) is 4.35. The van der Waals surface area contributed by atoms with Crippen LogP contribution in [0.1, 0.15) is 57.7 Å². The number of nitrogens with zero attached hydrogens (tertiary/aromatic N) is 2. The van der Waals surface area contributed by atoms with E-state index < -0.39 is 11.0 Å². The molecule has 7 nitrogen and oxygen atoms in total. The molecule has 1 N–H and O–H groups in total.